The van der Waals surface area contributed by atoms with Crippen LogP contribution in [0.2, 0.25) is 0 Å². The summed E-state index contributed by atoms with van der Waals surface area (Å²) in [5.74, 6) is 0. The zero-order chi connectivity index (χ0) is 7.33. The van der Waals surface area contributed by atoms with E-state index in [1.807, 2.05) is 20.8 Å². The van der Waals surface area contributed by atoms with E-state index in [0.29, 0.717) is 6.61 Å². The van der Waals surface area contributed by atoms with Crippen molar-refractivity contribution >= 4 is 6.21 Å². The number of ether oxygens (including phenoxy) is 1. The Morgan fingerprint density at radius 1 is 1.56 bits per heavy atom. The van der Waals surface area contributed by atoms with Crippen LogP contribution in [0.3, 0.4) is 0 Å². The highest BCUT2D eigenvalue weighted by Crippen LogP contribution is 2.04. The monoisotopic (exact) mass is 128 g/mol. The van der Waals surface area contributed by atoms with Gasteiger partial charge in [-0.25, -0.2) is 0 Å². The fraction of sp³-hybridized carbons (Fsp3) is 0.833. The van der Waals surface area contributed by atoms with Crippen LogP contribution < -0.4 is 0 Å². The molecule has 52 valence electrons. The minimum atomic E-state index is -0.152. The van der Waals surface area contributed by atoms with E-state index >= 15 is 0 Å². The van der Waals surface area contributed by atoms with Crippen LogP contribution in [0.4, 0.5) is 0 Å². The van der Waals surface area contributed by atoms with Crippen LogP contribution in [-0.2, 0) is 4.74 Å². The van der Waals surface area contributed by atoms with Crippen LogP contribution >= 0.6 is 0 Å². The average molecular weight is 128 g/mol. The molecule has 0 bridgehead atoms. The van der Waals surface area contributed by atoms with Crippen molar-refractivity contribution in [3.8, 4) is 0 Å². The third-order valence-corrected chi connectivity index (χ3v) is 0.673. The maximum atomic E-state index is 7.95. The minimum Gasteiger partial charge on any atom is -0.364 e. The molecule has 0 radical (unpaired) electrons. The third-order valence-electron chi connectivity index (χ3n) is 0.673. The van der Waals surface area contributed by atoms with Gasteiger partial charge in [-0.15, -0.1) is 0 Å². The highest BCUT2D eigenvalue weighted by Gasteiger charge is 2.08. The number of hydrogen-bond acceptors (Lipinski definition) is 1. The summed E-state index contributed by atoms with van der Waals surface area (Å²) in [6, 6.07) is 0. The van der Waals surface area contributed by atoms with Crippen molar-refractivity contribution in [2.45, 2.75) is 26.4 Å². The smallest absolute Gasteiger partial charge is 0.282 e. The van der Waals surface area contributed by atoms with Gasteiger partial charge in [-0.3, -0.25) is 0 Å². The molecule has 0 aromatic heterocycles. The molecule has 0 aromatic rings. The Bertz CT molecular complexity index is 120. The Labute approximate surface area is 55.3 Å². The molecule has 0 saturated heterocycles. The van der Waals surface area contributed by atoms with E-state index in [9.17, 15) is 0 Å². The summed E-state index contributed by atoms with van der Waals surface area (Å²) >= 11 is 0. The van der Waals surface area contributed by atoms with Crippen molar-refractivity contribution in [1.29, 1.82) is 0 Å². The van der Waals surface area contributed by atoms with Gasteiger partial charge >= 0.3 is 0 Å². The topological polar surface area (TPSA) is 45.6 Å². The highest BCUT2D eigenvalue weighted by molar-refractivity contribution is 5.51. The van der Waals surface area contributed by atoms with E-state index in [2.05, 4.69) is 4.79 Å². The van der Waals surface area contributed by atoms with Crippen molar-refractivity contribution in [3.63, 3.8) is 0 Å². The normalized spacial score (nSPS) is 10.6. The van der Waals surface area contributed by atoms with Gasteiger partial charge in [0.25, 0.3) is 6.21 Å². The van der Waals surface area contributed by atoms with Crippen molar-refractivity contribution < 1.29 is 9.53 Å². The quantitative estimate of drug-likeness (QED) is 0.312. The molecule has 0 N–H and O–H groups in total. The van der Waals surface area contributed by atoms with Crippen molar-refractivity contribution in [2.24, 2.45) is 0 Å². The average Bonchev–Trinajstić information content (AvgIpc) is 1.63. The highest BCUT2D eigenvalue weighted by atomic mass is 16.5. The molecule has 0 spiro atoms. The Morgan fingerprint density at radius 2 is 2.11 bits per heavy atom. The fourth-order valence-corrected chi connectivity index (χ4v) is 0.321. The SMILES string of the molecule is CC(C)(C)OCC=[N+]=[N-]. The molecule has 0 amide bonds. The van der Waals surface area contributed by atoms with Gasteiger partial charge in [-0.05, 0) is 20.8 Å². The van der Waals surface area contributed by atoms with E-state index in [-0.39, 0.29) is 5.60 Å². The molecule has 0 aliphatic carbocycles. The van der Waals surface area contributed by atoms with Crippen LogP contribution in [0.15, 0.2) is 0 Å². The van der Waals surface area contributed by atoms with Gasteiger partial charge in [0.1, 0.15) is 6.61 Å². The molecule has 0 unspecified atom stereocenters. The van der Waals surface area contributed by atoms with Crippen LogP contribution in [0.25, 0.3) is 5.53 Å². The molecule has 0 aliphatic heterocycles. The Balaban J connectivity index is 3.39. The van der Waals surface area contributed by atoms with Crippen LogP contribution in [0, 0.1) is 0 Å². The standard InChI is InChI=1S/C6H12N2O/c1-6(2,3)9-5-4-8-7/h4H,5H2,1-3H3. The summed E-state index contributed by atoms with van der Waals surface area (Å²) in [6.45, 7) is 6.19. The molecule has 0 fully saturated rings. The first kappa shape index (κ1) is 8.34. The number of rotatable bonds is 2. The van der Waals surface area contributed by atoms with Crippen LogP contribution in [0.5, 0.6) is 0 Å². The second-order valence-corrected chi connectivity index (χ2v) is 2.72. The molecule has 9 heavy (non-hydrogen) atoms. The van der Waals surface area contributed by atoms with Gasteiger partial charge in [0.2, 0.25) is 0 Å². The first-order valence-corrected chi connectivity index (χ1v) is 2.86. The zero-order valence-corrected chi connectivity index (χ0v) is 6.09. The molecule has 0 aromatic carbocycles. The van der Waals surface area contributed by atoms with Crippen molar-refractivity contribution in [1.82, 2.24) is 0 Å². The molecule has 0 rings (SSSR count). The lowest BCUT2D eigenvalue weighted by Crippen LogP contribution is -2.20. The Morgan fingerprint density at radius 3 is 2.44 bits per heavy atom. The largest absolute Gasteiger partial charge is 0.364 e. The number of nitrogens with zero attached hydrogens (tertiary/aromatic N) is 2. The van der Waals surface area contributed by atoms with E-state index in [0.717, 1.165) is 0 Å². The second-order valence-electron chi connectivity index (χ2n) is 2.72. The molecule has 0 atom stereocenters. The molecule has 0 heterocycles. The summed E-state index contributed by atoms with van der Waals surface area (Å²) in [6.07, 6.45) is 1.31. The predicted molar refractivity (Wildman–Crippen MR) is 35.4 cm³/mol. The summed E-state index contributed by atoms with van der Waals surface area (Å²) in [7, 11) is 0. The van der Waals surface area contributed by atoms with Gasteiger partial charge in [0.15, 0.2) is 0 Å². The lowest BCUT2D eigenvalue weighted by molar-refractivity contribution is -0.0272. The second kappa shape index (κ2) is 3.38. The van der Waals surface area contributed by atoms with Crippen molar-refractivity contribution in [3.05, 3.63) is 5.53 Å². The van der Waals surface area contributed by atoms with Gasteiger partial charge in [-0.2, -0.15) is 4.79 Å². The Kier molecular flexibility index (Phi) is 3.13. The maximum absolute atomic E-state index is 7.95. The van der Waals surface area contributed by atoms with E-state index < -0.39 is 0 Å². The summed E-state index contributed by atoms with van der Waals surface area (Å²) in [4.78, 5) is 2.79. The zero-order valence-electron chi connectivity index (χ0n) is 6.09. The van der Waals surface area contributed by atoms with E-state index in [4.69, 9.17) is 10.3 Å². The summed E-state index contributed by atoms with van der Waals surface area (Å²) in [5.41, 5.74) is 7.80. The van der Waals surface area contributed by atoms with E-state index in [1.165, 1.54) is 6.21 Å². The Hall–Kier alpha value is -0.660. The van der Waals surface area contributed by atoms with Crippen molar-refractivity contribution in [2.75, 3.05) is 6.61 Å². The van der Waals surface area contributed by atoms with Gasteiger partial charge < -0.3 is 10.3 Å². The molecule has 0 saturated carbocycles. The summed E-state index contributed by atoms with van der Waals surface area (Å²) in [5, 5.41) is 0. The lowest BCUT2D eigenvalue weighted by atomic mass is 10.2. The van der Waals surface area contributed by atoms with Crippen LogP contribution in [-0.4, -0.2) is 23.2 Å². The first-order chi connectivity index (χ1) is 4.06. The predicted octanol–water partition coefficient (Wildman–Crippen LogP) is 1.10. The minimum absolute atomic E-state index is 0.152. The fourth-order valence-electron chi connectivity index (χ4n) is 0.321. The first-order valence-electron chi connectivity index (χ1n) is 2.86. The molecule has 0 aliphatic rings. The van der Waals surface area contributed by atoms with Gasteiger partial charge in [0.05, 0.1) is 5.60 Å². The molecule has 3 nitrogen and oxygen atoms in total. The lowest BCUT2D eigenvalue weighted by Gasteiger charge is -2.16. The maximum Gasteiger partial charge on any atom is 0.282 e. The molecular weight excluding hydrogens is 116 g/mol. The van der Waals surface area contributed by atoms with Gasteiger partial charge in [-0.1, -0.05) is 0 Å². The molecule has 3 heteroatoms. The van der Waals surface area contributed by atoms with Gasteiger partial charge in [0, 0.05) is 0 Å². The summed E-state index contributed by atoms with van der Waals surface area (Å²) < 4.78 is 5.16. The number of hydrogen-bond donors (Lipinski definition) is 0. The third kappa shape index (κ3) is 7.34. The van der Waals surface area contributed by atoms with Crippen LogP contribution in [0.1, 0.15) is 20.8 Å². The molecular formula is C6H12N2O. The van der Waals surface area contributed by atoms with E-state index in [1.54, 1.807) is 0 Å².